The molecule has 0 aliphatic heterocycles. The van der Waals surface area contributed by atoms with E-state index >= 15 is 0 Å². The fourth-order valence-electron chi connectivity index (χ4n) is 1.04. The molecule has 3 nitrogen and oxygen atoms in total. The molecule has 78 valence electrons. The molecule has 0 spiro atoms. The van der Waals surface area contributed by atoms with Crippen LogP contribution in [0.5, 0.6) is 0 Å². The van der Waals surface area contributed by atoms with Gasteiger partial charge < -0.3 is 10.6 Å². The van der Waals surface area contributed by atoms with Gasteiger partial charge in [-0.2, -0.15) is 0 Å². The molecule has 0 saturated heterocycles. The highest BCUT2D eigenvalue weighted by Gasteiger charge is 2.10. The number of nitrogens with two attached hydrogens (primary N) is 1. The average molecular weight is 201 g/mol. The second-order valence-electron chi connectivity index (χ2n) is 3.17. The molecule has 0 amide bonds. The average Bonchev–Trinajstić information content (AvgIpc) is 2.08. The number of rotatable bonds is 3. The molecule has 1 aromatic rings. The van der Waals surface area contributed by atoms with Crippen LogP contribution in [-0.4, -0.2) is 25.0 Å². The summed E-state index contributed by atoms with van der Waals surface area (Å²) in [5.74, 6) is 0.466. The molecular weight excluding hydrogens is 188 g/mol. The number of nitrogen functional groups attached to an aromatic ring is 1. The molecule has 1 aromatic heterocycles. The number of hydrogen-bond donors (Lipinski definition) is 1. The molecule has 0 aromatic carbocycles. The zero-order chi connectivity index (χ0) is 10.7. The van der Waals surface area contributed by atoms with Crippen molar-refractivity contribution in [3.8, 4) is 0 Å². The lowest BCUT2D eigenvalue weighted by molar-refractivity contribution is 0.156. The van der Waals surface area contributed by atoms with Crippen molar-refractivity contribution in [2.45, 2.75) is 13.3 Å². The number of nitrogens with zero attached hydrogens (tertiary/aromatic N) is 2. The second kappa shape index (κ2) is 4.21. The minimum absolute atomic E-state index is 0.338. The summed E-state index contributed by atoms with van der Waals surface area (Å²) in [6.45, 7) is 1.48. The Morgan fingerprint density at radius 1 is 1.57 bits per heavy atom. The molecule has 0 aliphatic rings. The van der Waals surface area contributed by atoms with E-state index in [1.54, 1.807) is 19.3 Å². The smallest absolute Gasteiger partial charge is 0.255 e. The Morgan fingerprint density at radius 3 is 2.71 bits per heavy atom. The van der Waals surface area contributed by atoms with Gasteiger partial charge in [-0.1, -0.05) is 0 Å². The molecule has 5 heteroatoms. The maximum atomic E-state index is 12.1. The number of aryl methyl sites for hydroxylation is 1. The summed E-state index contributed by atoms with van der Waals surface area (Å²) >= 11 is 0. The molecule has 14 heavy (non-hydrogen) atoms. The molecule has 2 N–H and O–H groups in total. The van der Waals surface area contributed by atoms with Crippen molar-refractivity contribution >= 4 is 11.5 Å². The van der Waals surface area contributed by atoms with E-state index in [0.717, 1.165) is 5.56 Å². The predicted molar refractivity (Wildman–Crippen MR) is 52.7 cm³/mol. The number of hydrogen-bond acceptors (Lipinski definition) is 3. The Balaban J connectivity index is 2.80. The number of aromatic nitrogens is 1. The minimum atomic E-state index is -2.37. The molecular formula is C9H13F2N3. The standard InChI is InChI=1S/C9H13F2N3/c1-6-4-13-9(3-7(6)12)14(2)5-8(10)11/h3-4,8H,5H2,1-2H3,(H2,12,13). The lowest BCUT2D eigenvalue weighted by Crippen LogP contribution is -2.25. The van der Waals surface area contributed by atoms with Crippen molar-refractivity contribution in [1.29, 1.82) is 0 Å². The lowest BCUT2D eigenvalue weighted by atomic mass is 10.2. The molecule has 1 heterocycles. The van der Waals surface area contributed by atoms with E-state index < -0.39 is 6.43 Å². The highest BCUT2D eigenvalue weighted by Crippen LogP contribution is 2.16. The molecule has 0 radical (unpaired) electrons. The Labute approximate surface area is 81.5 Å². The van der Waals surface area contributed by atoms with E-state index in [0.29, 0.717) is 11.5 Å². The van der Waals surface area contributed by atoms with Crippen molar-refractivity contribution in [2.24, 2.45) is 0 Å². The molecule has 0 fully saturated rings. The fourth-order valence-corrected chi connectivity index (χ4v) is 1.04. The van der Waals surface area contributed by atoms with Gasteiger partial charge in [-0.25, -0.2) is 13.8 Å². The largest absolute Gasteiger partial charge is 0.398 e. The summed E-state index contributed by atoms with van der Waals surface area (Å²) in [7, 11) is 1.56. The SMILES string of the molecule is Cc1cnc(N(C)CC(F)F)cc1N. The van der Waals surface area contributed by atoms with Crippen LogP contribution >= 0.6 is 0 Å². The van der Waals surface area contributed by atoms with E-state index in [-0.39, 0.29) is 6.54 Å². The highest BCUT2D eigenvalue weighted by atomic mass is 19.3. The first kappa shape index (κ1) is 10.7. The summed E-state index contributed by atoms with van der Waals surface area (Å²) in [6, 6.07) is 1.59. The Kier molecular flexibility index (Phi) is 3.22. The van der Waals surface area contributed by atoms with Gasteiger partial charge in [0.1, 0.15) is 5.82 Å². The van der Waals surface area contributed by atoms with Crippen molar-refractivity contribution in [1.82, 2.24) is 4.98 Å². The first-order valence-electron chi connectivity index (χ1n) is 4.22. The van der Waals surface area contributed by atoms with Gasteiger partial charge in [0.25, 0.3) is 6.43 Å². The number of pyridine rings is 1. The highest BCUT2D eigenvalue weighted by molar-refractivity contribution is 5.54. The molecule has 1 rings (SSSR count). The number of anilines is 2. The normalized spacial score (nSPS) is 10.6. The predicted octanol–water partition coefficient (Wildman–Crippen LogP) is 1.67. The van der Waals surface area contributed by atoms with Crippen molar-refractivity contribution in [3.63, 3.8) is 0 Å². The van der Waals surface area contributed by atoms with Crippen LogP contribution < -0.4 is 10.6 Å². The van der Waals surface area contributed by atoms with Crippen LogP contribution in [0.15, 0.2) is 12.3 Å². The van der Waals surface area contributed by atoms with Crippen LogP contribution in [0.2, 0.25) is 0 Å². The summed E-state index contributed by atoms with van der Waals surface area (Å²) < 4.78 is 24.1. The number of alkyl halides is 2. The summed E-state index contributed by atoms with van der Waals surface area (Å²) in [4.78, 5) is 5.38. The van der Waals surface area contributed by atoms with Gasteiger partial charge >= 0.3 is 0 Å². The lowest BCUT2D eigenvalue weighted by Gasteiger charge is -2.18. The Morgan fingerprint density at radius 2 is 2.21 bits per heavy atom. The molecule has 0 aliphatic carbocycles. The van der Waals surface area contributed by atoms with E-state index in [4.69, 9.17) is 5.73 Å². The number of halogens is 2. The van der Waals surface area contributed by atoms with Crippen LogP contribution in [-0.2, 0) is 0 Å². The first-order chi connectivity index (χ1) is 6.50. The van der Waals surface area contributed by atoms with Crippen LogP contribution in [0.4, 0.5) is 20.3 Å². The topological polar surface area (TPSA) is 42.2 Å². The molecule has 0 saturated carbocycles. The van der Waals surface area contributed by atoms with Gasteiger partial charge in [-0.05, 0) is 12.5 Å². The van der Waals surface area contributed by atoms with Gasteiger partial charge in [-0.15, -0.1) is 0 Å². The zero-order valence-corrected chi connectivity index (χ0v) is 8.17. The third kappa shape index (κ3) is 2.55. The zero-order valence-electron chi connectivity index (χ0n) is 8.17. The van der Waals surface area contributed by atoms with Crippen LogP contribution in [0.25, 0.3) is 0 Å². The van der Waals surface area contributed by atoms with Crippen molar-refractivity contribution in [3.05, 3.63) is 17.8 Å². The maximum Gasteiger partial charge on any atom is 0.255 e. The summed E-state index contributed by atoms with van der Waals surface area (Å²) in [6.07, 6.45) is -0.795. The summed E-state index contributed by atoms with van der Waals surface area (Å²) in [5.41, 5.74) is 7.05. The van der Waals surface area contributed by atoms with Gasteiger partial charge in [0, 0.05) is 25.0 Å². The molecule has 0 unspecified atom stereocenters. The Hall–Kier alpha value is -1.39. The van der Waals surface area contributed by atoms with Gasteiger partial charge in [0.2, 0.25) is 0 Å². The second-order valence-corrected chi connectivity index (χ2v) is 3.17. The van der Waals surface area contributed by atoms with Gasteiger partial charge in [0.05, 0.1) is 6.54 Å². The third-order valence-electron chi connectivity index (χ3n) is 1.93. The van der Waals surface area contributed by atoms with E-state index in [2.05, 4.69) is 4.98 Å². The van der Waals surface area contributed by atoms with Gasteiger partial charge in [-0.3, -0.25) is 0 Å². The third-order valence-corrected chi connectivity index (χ3v) is 1.93. The van der Waals surface area contributed by atoms with E-state index in [9.17, 15) is 8.78 Å². The fraction of sp³-hybridized carbons (Fsp3) is 0.444. The first-order valence-corrected chi connectivity index (χ1v) is 4.22. The van der Waals surface area contributed by atoms with Crippen LogP contribution in [0.1, 0.15) is 5.56 Å². The monoisotopic (exact) mass is 201 g/mol. The quantitative estimate of drug-likeness (QED) is 0.808. The Bertz CT molecular complexity index is 315. The van der Waals surface area contributed by atoms with Crippen molar-refractivity contribution < 1.29 is 8.78 Å². The van der Waals surface area contributed by atoms with E-state index in [1.807, 2.05) is 6.92 Å². The van der Waals surface area contributed by atoms with Crippen LogP contribution in [0.3, 0.4) is 0 Å². The molecule has 0 bridgehead atoms. The maximum absolute atomic E-state index is 12.1. The van der Waals surface area contributed by atoms with E-state index in [1.165, 1.54) is 4.90 Å². The summed E-state index contributed by atoms with van der Waals surface area (Å²) in [5, 5.41) is 0. The minimum Gasteiger partial charge on any atom is -0.398 e. The molecule has 0 atom stereocenters. The van der Waals surface area contributed by atoms with Crippen molar-refractivity contribution in [2.75, 3.05) is 24.2 Å². The van der Waals surface area contributed by atoms with Gasteiger partial charge in [0.15, 0.2) is 0 Å². The van der Waals surface area contributed by atoms with Crippen LogP contribution in [0, 0.1) is 6.92 Å².